The van der Waals surface area contributed by atoms with Gasteiger partial charge in [-0.25, -0.2) is 0 Å². The predicted molar refractivity (Wildman–Crippen MR) is 240 cm³/mol. The Morgan fingerprint density at radius 3 is 1.20 bits per heavy atom. The third-order valence-electron chi connectivity index (χ3n) is 10.5. The third-order valence-corrected chi connectivity index (χ3v) is 10.5. The minimum Gasteiger partial charge on any atom is -0.490 e. The highest BCUT2D eigenvalue weighted by atomic mass is 16.5. The fourth-order valence-corrected chi connectivity index (χ4v) is 7.50. The molecule has 0 unspecified atom stereocenters. The normalized spacial score (nSPS) is 17.8. The van der Waals surface area contributed by atoms with Crippen LogP contribution in [-0.2, 0) is 35.7 Å². The number of ether oxygens (including phenoxy) is 4. The van der Waals surface area contributed by atoms with Crippen LogP contribution in [0.4, 0.5) is 0 Å². The van der Waals surface area contributed by atoms with Crippen molar-refractivity contribution in [3.63, 3.8) is 0 Å². The fraction of sp³-hybridized carbons (Fsp3) is 0.259. The summed E-state index contributed by atoms with van der Waals surface area (Å²) >= 11 is 0. The van der Waals surface area contributed by atoms with Crippen LogP contribution in [-0.4, -0.2) is 49.4 Å². The second-order valence-electron chi connectivity index (χ2n) is 14.8. The number of fused-ring (bicyclic) bond motifs is 2. The molecule has 2 atom stereocenters. The zero-order valence-electron chi connectivity index (χ0n) is 34.3. The van der Waals surface area contributed by atoms with E-state index in [4.69, 9.17) is 18.9 Å². The molecule has 1 aliphatic heterocycles. The molecular formula is C54H54N2O4. The first kappa shape index (κ1) is 42.0. The SMILES string of the molecule is C1#CCCOC[C@H](c2ccccc2)N(Cc2ccccc2)Cc2ccccc2OCCOc2ccccc2CN(Cc2ccccc2)[C@@H](c2ccccc2)COCCC#C1. The number of hydrogen-bond donors (Lipinski definition) is 0. The van der Waals surface area contributed by atoms with Gasteiger partial charge in [0, 0.05) is 50.1 Å². The number of para-hydroxylation sites is 2. The molecule has 0 amide bonds. The van der Waals surface area contributed by atoms with E-state index in [2.05, 4.69) is 191 Å². The standard InChI is InChI=1S/C54H54N2O4/c1-2-4-22-36-58-44-52(48-29-15-8-16-30-48)56(40-46-25-11-6-12-26-46)42-50-32-18-20-34-54(50)60-38-37-59-53-33-19-17-31-49(53)41-55(39-45-23-9-5-10-24-45)51(43-57-35-21-3-1)47-27-13-7-14-28-47/h5-20,23-34,51-52H,21-22,35-44H2/t51-,52-/m1/s1. The maximum Gasteiger partial charge on any atom is 0.123 e. The van der Waals surface area contributed by atoms with Crippen molar-refractivity contribution in [2.24, 2.45) is 0 Å². The summed E-state index contributed by atoms with van der Waals surface area (Å²) in [6.07, 6.45) is 1.20. The first-order valence-electron chi connectivity index (χ1n) is 21.0. The largest absolute Gasteiger partial charge is 0.490 e. The summed E-state index contributed by atoms with van der Waals surface area (Å²) in [4.78, 5) is 4.96. The van der Waals surface area contributed by atoms with Crippen molar-refractivity contribution in [3.05, 3.63) is 203 Å². The lowest BCUT2D eigenvalue weighted by molar-refractivity contribution is 0.0524. The molecule has 7 rings (SSSR count). The van der Waals surface area contributed by atoms with Gasteiger partial charge in [0.2, 0.25) is 0 Å². The van der Waals surface area contributed by atoms with Gasteiger partial charge in [0.1, 0.15) is 24.7 Å². The van der Waals surface area contributed by atoms with Crippen LogP contribution in [0.25, 0.3) is 0 Å². The molecule has 60 heavy (non-hydrogen) atoms. The molecule has 6 aromatic rings. The second kappa shape index (κ2) is 23.5. The Hall–Kier alpha value is -6.12. The van der Waals surface area contributed by atoms with Gasteiger partial charge in [-0.2, -0.15) is 0 Å². The van der Waals surface area contributed by atoms with E-state index in [1.165, 1.54) is 22.3 Å². The number of rotatable bonds is 6. The Kier molecular flexibility index (Phi) is 16.4. The van der Waals surface area contributed by atoms with Gasteiger partial charge >= 0.3 is 0 Å². The van der Waals surface area contributed by atoms with Crippen molar-refractivity contribution in [1.29, 1.82) is 0 Å². The molecule has 6 nitrogen and oxygen atoms in total. The average Bonchev–Trinajstić information content (AvgIpc) is 3.29. The number of benzene rings is 6. The molecule has 6 aromatic carbocycles. The van der Waals surface area contributed by atoms with Gasteiger partial charge in [0.15, 0.2) is 0 Å². The summed E-state index contributed by atoms with van der Waals surface area (Å²) in [6, 6.07) is 59.1. The van der Waals surface area contributed by atoms with E-state index in [0.717, 1.165) is 35.7 Å². The minimum atomic E-state index is -0.00597. The highest BCUT2D eigenvalue weighted by Gasteiger charge is 2.25. The van der Waals surface area contributed by atoms with Crippen molar-refractivity contribution in [1.82, 2.24) is 9.80 Å². The van der Waals surface area contributed by atoms with E-state index < -0.39 is 0 Å². The van der Waals surface area contributed by atoms with Crippen LogP contribution in [0.2, 0.25) is 0 Å². The van der Waals surface area contributed by atoms with E-state index in [1.54, 1.807) is 0 Å². The van der Waals surface area contributed by atoms with Crippen molar-refractivity contribution < 1.29 is 18.9 Å². The van der Waals surface area contributed by atoms with Crippen LogP contribution >= 0.6 is 0 Å². The van der Waals surface area contributed by atoms with Gasteiger partial charge in [-0.1, -0.05) is 170 Å². The Labute approximate surface area is 356 Å². The van der Waals surface area contributed by atoms with Crippen molar-refractivity contribution in [2.45, 2.75) is 51.1 Å². The molecule has 0 saturated carbocycles. The van der Waals surface area contributed by atoms with Crippen LogP contribution in [0, 0.1) is 23.7 Å². The first-order valence-corrected chi connectivity index (χ1v) is 21.0. The van der Waals surface area contributed by atoms with E-state index >= 15 is 0 Å². The molecule has 0 N–H and O–H groups in total. The maximum absolute atomic E-state index is 6.54. The zero-order chi connectivity index (χ0) is 40.9. The van der Waals surface area contributed by atoms with Crippen LogP contribution < -0.4 is 9.47 Å². The van der Waals surface area contributed by atoms with Gasteiger partial charge in [0.05, 0.1) is 38.5 Å². The third kappa shape index (κ3) is 12.9. The lowest BCUT2D eigenvalue weighted by atomic mass is 10.0. The smallest absolute Gasteiger partial charge is 0.123 e. The lowest BCUT2D eigenvalue weighted by Gasteiger charge is -2.33. The predicted octanol–water partition coefficient (Wildman–Crippen LogP) is 10.5. The molecule has 0 aliphatic carbocycles. The molecule has 6 heteroatoms. The topological polar surface area (TPSA) is 43.4 Å². The van der Waals surface area contributed by atoms with Crippen LogP contribution in [0.3, 0.4) is 0 Å². The lowest BCUT2D eigenvalue weighted by Crippen LogP contribution is -2.32. The molecule has 0 spiro atoms. The number of hydrogen-bond acceptors (Lipinski definition) is 6. The second-order valence-corrected chi connectivity index (χ2v) is 14.8. The minimum absolute atomic E-state index is 0.00597. The van der Waals surface area contributed by atoms with E-state index in [1.807, 2.05) is 12.1 Å². The Morgan fingerprint density at radius 2 is 0.783 bits per heavy atom. The summed E-state index contributed by atoms with van der Waals surface area (Å²) in [6.45, 7) is 5.67. The highest BCUT2D eigenvalue weighted by Crippen LogP contribution is 2.31. The quantitative estimate of drug-likeness (QED) is 0.157. The highest BCUT2D eigenvalue weighted by molar-refractivity contribution is 5.36. The van der Waals surface area contributed by atoms with E-state index in [-0.39, 0.29) is 12.1 Å². The van der Waals surface area contributed by atoms with Crippen LogP contribution in [0.5, 0.6) is 11.5 Å². The summed E-state index contributed by atoms with van der Waals surface area (Å²) in [5, 5.41) is 0. The van der Waals surface area contributed by atoms with Crippen molar-refractivity contribution in [3.8, 4) is 35.2 Å². The molecule has 0 saturated heterocycles. The van der Waals surface area contributed by atoms with Gasteiger partial charge < -0.3 is 18.9 Å². The van der Waals surface area contributed by atoms with Gasteiger partial charge in [0.25, 0.3) is 0 Å². The Morgan fingerprint density at radius 1 is 0.417 bits per heavy atom. The van der Waals surface area contributed by atoms with Crippen molar-refractivity contribution in [2.75, 3.05) is 39.6 Å². The fourth-order valence-electron chi connectivity index (χ4n) is 7.50. The summed E-state index contributed by atoms with van der Waals surface area (Å²) in [5.41, 5.74) is 7.07. The van der Waals surface area contributed by atoms with E-state index in [9.17, 15) is 0 Å². The monoisotopic (exact) mass is 794 g/mol. The average molecular weight is 795 g/mol. The molecule has 0 bridgehead atoms. The molecule has 0 radical (unpaired) electrons. The summed E-state index contributed by atoms with van der Waals surface area (Å²) in [5.74, 6) is 14.1. The molecule has 1 aliphatic rings. The van der Waals surface area contributed by atoms with Crippen molar-refractivity contribution >= 4 is 0 Å². The van der Waals surface area contributed by atoms with Gasteiger partial charge in [-0.05, 0) is 46.2 Å². The molecule has 0 aromatic heterocycles. The maximum atomic E-state index is 6.54. The van der Waals surface area contributed by atoms with Gasteiger partial charge in [-0.3, -0.25) is 9.80 Å². The molecular weight excluding hydrogens is 741 g/mol. The zero-order valence-corrected chi connectivity index (χ0v) is 34.3. The molecule has 1 heterocycles. The van der Waals surface area contributed by atoms with Gasteiger partial charge in [-0.15, -0.1) is 0 Å². The molecule has 304 valence electrons. The van der Waals surface area contributed by atoms with Crippen LogP contribution in [0.1, 0.15) is 58.3 Å². The summed E-state index contributed by atoms with van der Waals surface area (Å²) < 4.78 is 25.8. The Bertz CT molecular complexity index is 2120. The van der Waals surface area contributed by atoms with E-state index in [0.29, 0.717) is 65.6 Å². The molecule has 0 fully saturated rings. The Balaban J connectivity index is 1.16. The van der Waals surface area contributed by atoms with Crippen LogP contribution in [0.15, 0.2) is 170 Å². The first-order chi connectivity index (χ1) is 29.8. The number of nitrogens with zero attached hydrogens (tertiary/aromatic N) is 2. The summed E-state index contributed by atoms with van der Waals surface area (Å²) in [7, 11) is 0.